The number of piperidine rings is 1. The van der Waals surface area contributed by atoms with E-state index < -0.39 is 0 Å². The standard InChI is InChI=1S/C14H30N2/c1-5-14-8-7-9-16(11-14)13(4)12(3)10-15-6-2/h12-15H,5-11H2,1-4H3. The van der Waals surface area contributed by atoms with Gasteiger partial charge < -0.3 is 10.2 Å². The lowest BCUT2D eigenvalue weighted by Crippen LogP contribution is -2.46. The lowest BCUT2D eigenvalue weighted by molar-refractivity contribution is 0.0993. The van der Waals surface area contributed by atoms with E-state index in [1.165, 1.54) is 32.4 Å². The molecule has 1 N–H and O–H groups in total. The normalized spacial score (nSPS) is 26.6. The average molecular weight is 226 g/mol. The molecule has 0 spiro atoms. The van der Waals surface area contributed by atoms with Gasteiger partial charge in [-0.05, 0) is 51.2 Å². The zero-order valence-electron chi connectivity index (χ0n) is 11.6. The van der Waals surface area contributed by atoms with Crippen molar-refractivity contribution < 1.29 is 0 Å². The second kappa shape index (κ2) is 7.29. The Hall–Kier alpha value is -0.0800. The maximum absolute atomic E-state index is 3.47. The van der Waals surface area contributed by atoms with Gasteiger partial charge in [0.05, 0.1) is 0 Å². The predicted octanol–water partition coefficient (Wildman–Crippen LogP) is 2.74. The SMILES string of the molecule is CCNCC(C)C(C)N1CCCC(CC)C1. The largest absolute Gasteiger partial charge is 0.317 e. The molecule has 2 nitrogen and oxygen atoms in total. The Morgan fingerprint density at radius 2 is 2.06 bits per heavy atom. The maximum Gasteiger partial charge on any atom is 0.0105 e. The monoisotopic (exact) mass is 226 g/mol. The topological polar surface area (TPSA) is 15.3 Å². The number of rotatable bonds is 6. The first kappa shape index (κ1) is 14.0. The van der Waals surface area contributed by atoms with Crippen LogP contribution in [0.25, 0.3) is 0 Å². The van der Waals surface area contributed by atoms with Crippen LogP contribution in [0.15, 0.2) is 0 Å². The first-order valence-electron chi connectivity index (χ1n) is 7.13. The van der Waals surface area contributed by atoms with E-state index in [1.54, 1.807) is 0 Å². The quantitative estimate of drug-likeness (QED) is 0.749. The van der Waals surface area contributed by atoms with E-state index >= 15 is 0 Å². The van der Waals surface area contributed by atoms with Crippen molar-refractivity contribution >= 4 is 0 Å². The highest BCUT2D eigenvalue weighted by atomic mass is 15.2. The highest BCUT2D eigenvalue weighted by Gasteiger charge is 2.25. The van der Waals surface area contributed by atoms with Crippen LogP contribution in [-0.2, 0) is 0 Å². The van der Waals surface area contributed by atoms with Gasteiger partial charge in [-0.15, -0.1) is 0 Å². The Morgan fingerprint density at radius 3 is 2.69 bits per heavy atom. The van der Waals surface area contributed by atoms with E-state index in [-0.39, 0.29) is 0 Å². The molecule has 0 aromatic heterocycles. The van der Waals surface area contributed by atoms with E-state index in [1.807, 2.05) is 0 Å². The fourth-order valence-electron chi connectivity index (χ4n) is 2.70. The van der Waals surface area contributed by atoms with Gasteiger partial charge in [-0.1, -0.05) is 27.2 Å². The molecule has 1 aliphatic rings. The third-order valence-corrected chi connectivity index (χ3v) is 4.24. The molecule has 96 valence electrons. The Labute approximate surface area is 102 Å². The van der Waals surface area contributed by atoms with Crippen molar-refractivity contribution in [1.29, 1.82) is 0 Å². The van der Waals surface area contributed by atoms with Crippen molar-refractivity contribution in [3.8, 4) is 0 Å². The number of hydrogen-bond acceptors (Lipinski definition) is 2. The molecule has 1 rings (SSSR count). The summed E-state index contributed by atoms with van der Waals surface area (Å²) in [5.41, 5.74) is 0. The van der Waals surface area contributed by atoms with Gasteiger partial charge in [-0.2, -0.15) is 0 Å². The third-order valence-electron chi connectivity index (χ3n) is 4.24. The Morgan fingerprint density at radius 1 is 1.31 bits per heavy atom. The summed E-state index contributed by atoms with van der Waals surface area (Å²) in [5.74, 6) is 1.71. The zero-order chi connectivity index (χ0) is 12.0. The first-order chi connectivity index (χ1) is 7.69. The highest BCUT2D eigenvalue weighted by Crippen LogP contribution is 2.23. The number of hydrogen-bond donors (Lipinski definition) is 1. The van der Waals surface area contributed by atoms with E-state index in [9.17, 15) is 0 Å². The summed E-state index contributed by atoms with van der Waals surface area (Å²) in [6.07, 6.45) is 4.20. The minimum atomic E-state index is 0.730. The van der Waals surface area contributed by atoms with Crippen LogP contribution in [-0.4, -0.2) is 37.1 Å². The molecule has 2 heteroatoms. The summed E-state index contributed by atoms with van der Waals surface area (Å²) in [4.78, 5) is 2.71. The van der Waals surface area contributed by atoms with E-state index in [2.05, 4.69) is 37.9 Å². The van der Waals surface area contributed by atoms with E-state index in [0.717, 1.165) is 31.0 Å². The van der Waals surface area contributed by atoms with Crippen LogP contribution in [0.4, 0.5) is 0 Å². The lowest BCUT2D eigenvalue weighted by atomic mass is 9.92. The second-order valence-corrected chi connectivity index (χ2v) is 5.44. The summed E-state index contributed by atoms with van der Waals surface area (Å²) in [7, 11) is 0. The molecule has 0 radical (unpaired) electrons. The summed E-state index contributed by atoms with van der Waals surface area (Å²) in [6, 6.07) is 0.730. The minimum absolute atomic E-state index is 0.730. The Bertz CT molecular complexity index is 182. The van der Waals surface area contributed by atoms with Gasteiger partial charge in [0.15, 0.2) is 0 Å². The van der Waals surface area contributed by atoms with Crippen LogP contribution < -0.4 is 5.32 Å². The molecule has 0 bridgehead atoms. The molecule has 1 fully saturated rings. The van der Waals surface area contributed by atoms with Gasteiger partial charge in [0.25, 0.3) is 0 Å². The molecule has 1 heterocycles. The Kier molecular flexibility index (Phi) is 6.37. The van der Waals surface area contributed by atoms with Crippen LogP contribution in [0, 0.1) is 11.8 Å². The molecule has 0 aliphatic carbocycles. The van der Waals surface area contributed by atoms with Gasteiger partial charge in [-0.3, -0.25) is 0 Å². The Balaban J connectivity index is 2.36. The van der Waals surface area contributed by atoms with E-state index in [4.69, 9.17) is 0 Å². The van der Waals surface area contributed by atoms with Gasteiger partial charge in [-0.25, -0.2) is 0 Å². The van der Waals surface area contributed by atoms with Crippen molar-refractivity contribution in [2.75, 3.05) is 26.2 Å². The molecule has 0 aromatic carbocycles. The fraction of sp³-hybridized carbons (Fsp3) is 1.00. The summed E-state index contributed by atoms with van der Waals surface area (Å²) in [6.45, 7) is 14.2. The number of nitrogens with one attached hydrogen (secondary N) is 1. The fourth-order valence-corrected chi connectivity index (χ4v) is 2.70. The van der Waals surface area contributed by atoms with Crippen LogP contribution in [0.2, 0.25) is 0 Å². The zero-order valence-corrected chi connectivity index (χ0v) is 11.6. The van der Waals surface area contributed by atoms with Crippen molar-refractivity contribution in [1.82, 2.24) is 10.2 Å². The molecular weight excluding hydrogens is 196 g/mol. The van der Waals surface area contributed by atoms with Crippen LogP contribution in [0.1, 0.15) is 47.0 Å². The highest BCUT2D eigenvalue weighted by molar-refractivity contribution is 4.80. The van der Waals surface area contributed by atoms with Crippen LogP contribution >= 0.6 is 0 Å². The van der Waals surface area contributed by atoms with Crippen molar-refractivity contribution in [2.45, 2.75) is 53.0 Å². The first-order valence-corrected chi connectivity index (χ1v) is 7.13. The van der Waals surface area contributed by atoms with Crippen molar-refractivity contribution in [2.24, 2.45) is 11.8 Å². The molecule has 3 unspecified atom stereocenters. The van der Waals surface area contributed by atoms with Gasteiger partial charge in [0.1, 0.15) is 0 Å². The van der Waals surface area contributed by atoms with Crippen molar-refractivity contribution in [3.05, 3.63) is 0 Å². The molecule has 3 atom stereocenters. The summed E-state index contributed by atoms with van der Waals surface area (Å²) < 4.78 is 0. The molecule has 1 saturated heterocycles. The van der Waals surface area contributed by atoms with Crippen LogP contribution in [0.3, 0.4) is 0 Å². The predicted molar refractivity (Wildman–Crippen MR) is 71.8 cm³/mol. The third kappa shape index (κ3) is 4.06. The maximum atomic E-state index is 3.47. The van der Waals surface area contributed by atoms with Crippen molar-refractivity contribution in [3.63, 3.8) is 0 Å². The van der Waals surface area contributed by atoms with Crippen LogP contribution in [0.5, 0.6) is 0 Å². The summed E-state index contributed by atoms with van der Waals surface area (Å²) in [5, 5.41) is 3.47. The number of nitrogens with zero attached hydrogens (tertiary/aromatic N) is 1. The van der Waals surface area contributed by atoms with Gasteiger partial charge in [0, 0.05) is 12.6 Å². The number of likely N-dealkylation sites (tertiary alicyclic amines) is 1. The smallest absolute Gasteiger partial charge is 0.0105 e. The minimum Gasteiger partial charge on any atom is -0.317 e. The van der Waals surface area contributed by atoms with Gasteiger partial charge >= 0.3 is 0 Å². The molecule has 16 heavy (non-hydrogen) atoms. The van der Waals surface area contributed by atoms with E-state index in [0.29, 0.717) is 0 Å². The molecule has 0 saturated carbocycles. The molecule has 1 aliphatic heterocycles. The summed E-state index contributed by atoms with van der Waals surface area (Å²) >= 11 is 0. The second-order valence-electron chi connectivity index (χ2n) is 5.44. The lowest BCUT2D eigenvalue weighted by Gasteiger charge is -2.39. The molecular formula is C14H30N2. The molecule has 0 amide bonds. The van der Waals surface area contributed by atoms with Gasteiger partial charge in [0.2, 0.25) is 0 Å². The average Bonchev–Trinajstić information content (AvgIpc) is 2.35. The molecule has 0 aromatic rings.